The summed E-state index contributed by atoms with van der Waals surface area (Å²) in [5.74, 6) is -1.17. The maximum atomic E-state index is 12.6. The Bertz CT molecular complexity index is 603. The lowest BCUT2D eigenvalue weighted by atomic mass is 10.2. The summed E-state index contributed by atoms with van der Waals surface area (Å²) >= 11 is 5.74. The number of carbonyl (C=O) groups is 2. The maximum Gasteiger partial charge on any atom is 0.416 e. The highest BCUT2D eigenvalue weighted by Crippen LogP contribution is 2.38. The molecule has 1 aromatic carbocycles. The largest absolute Gasteiger partial charge is 0.455 e. The molecule has 8 heteroatoms. The number of alkyl halides is 3. The van der Waals surface area contributed by atoms with E-state index in [1.165, 1.54) is 0 Å². The van der Waals surface area contributed by atoms with Gasteiger partial charge in [0.15, 0.2) is 6.61 Å². The van der Waals surface area contributed by atoms with Crippen LogP contribution in [0.5, 0.6) is 0 Å². The third-order valence-electron chi connectivity index (χ3n) is 3.33. The maximum absolute atomic E-state index is 12.6. The highest BCUT2D eigenvalue weighted by atomic mass is 35.5. The minimum atomic E-state index is -4.54. The van der Waals surface area contributed by atoms with Crippen molar-refractivity contribution >= 4 is 29.2 Å². The molecule has 120 valence electrons. The number of carbonyl (C=O) groups excluding carboxylic acids is 2. The van der Waals surface area contributed by atoms with Crippen LogP contribution in [0.4, 0.5) is 18.9 Å². The van der Waals surface area contributed by atoms with Crippen LogP contribution in [-0.4, -0.2) is 18.5 Å². The number of hydrogen-bond donors (Lipinski definition) is 1. The first-order valence-electron chi connectivity index (χ1n) is 6.51. The lowest BCUT2D eigenvalue weighted by molar-refractivity contribution is -0.148. The monoisotopic (exact) mass is 335 g/mol. The molecule has 1 fully saturated rings. The Morgan fingerprint density at radius 3 is 2.59 bits per heavy atom. The van der Waals surface area contributed by atoms with Crippen LogP contribution in [0.2, 0.25) is 5.02 Å². The molecule has 0 heterocycles. The number of hydrogen-bond acceptors (Lipinski definition) is 3. The van der Waals surface area contributed by atoms with Crippen LogP contribution >= 0.6 is 11.6 Å². The molecule has 0 saturated heterocycles. The molecule has 1 aliphatic rings. The fourth-order valence-electron chi connectivity index (χ4n) is 1.88. The van der Waals surface area contributed by atoms with E-state index < -0.39 is 30.2 Å². The van der Waals surface area contributed by atoms with Crippen LogP contribution < -0.4 is 5.32 Å². The van der Waals surface area contributed by atoms with Crippen molar-refractivity contribution in [3.05, 3.63) is 28.8 Å². The van der Waals surface area contributed by atoms with Gasteiger partial charge in [0.2, 0.25) is 0 Å². The van der Waals surface area contributed by atoms with Crippen molar-refractivity contribution in [1.82, 2.24) is 0 Å². The van der Waals surface area contributed by atoms with E-state index in [0.29, 0.717) is 0 Å². The van der Waals surface area contributed by atoms with Crippen LogP contribution in [0.3, 0.4) is 0 Å². The van der Waals surface area contributed by atoms with Crippen molar-refractivity contribution in [3.63, 3.8) is 0 Å². The Kier molecular flexibility index (Phi) is 4.65. The van der Waals surface area contributed by atoms with Crippen molar-refractivity contribution in [2.45, 2.75) is 19.5 Å². The molecule has 4 nitrogen and oxygen atoms in total. The second-order valence-corrected chi connectivity index (χ2v) is 5.57. The fourth-order valence-corrected chi connectivity index (χ4v) is 2.04. The zero-order chi connectivity index (χ0) is 16.5. The van der Waals surface area contributed by atoms with Crippen molar-refractivity contribution in [3.8, 4) is 0 Å². The first-order valence-corrected chi connectivity index (χ1v) is 6.89. The molecular formula is C14H13ClF3NO3. The number of benzene rings is 1. The fraction of sp³-hybridized carbons (Fsp3) is 0.429. The van der Waals surface area contributed by atoms with E-state index in [0.717, 1.165) is 24.6 Å². The van der Waals surface area contributed by atoms with Crippen LogP contribution in [-0.2, 0) is 20.5 Å². The minimum absolute atomic E-state index is 0.0384. The van der Waals surface area contributed by atoms with Gasteiger partial charge in [-0.15, -0.1) is 0 Å². The number of ether oxygens (including phenoxy) is 1. The summed E-state index contributed by atoms with van der Waals surface area (Å²) in [7, 11) is 0. The summed E-state index contributed by atoms with van der Waals surface area (Å²) in [5.41, 5.74) is -1.12. The SMILES string of the molecule is C[C@@H]1C[C@@H]1C(=O)OCC(=O)Nc1cc(C(F)(F)F)ccc1Cl. The molecule has 2 rings (SSSR count). The molecule has 0 unspecified atom stereocenters. The van der Waals surface area contributed by atoms with Crippen molar-refractivity contribution in [1.29, 1.82) is 0 Å². The summed E-state index contributed by atoms with van der Waals surface area (Å²) in [5, 5.41) is 2.16. The van der Waals surface area contributed by atoms with Crippen LogP contribution in [0.25, 0.3) is 0 Å². The molecule has 1 amide bonds. The van der Waals surface area contributed by atoms with Gasteiger partial charge < -0.3 is 10.1 Å². The Morgan fingerprint density at radius 1 is 1.41 bits per heavy atom. The topological polar surface area (TPSA) is 55.4 Å². The Hall–Kier alpha value is -1.76. The van der Waals surface area contributed by atoms with E-state index in [9.17, 15) is 22.8 Å². The number of halogens is 4. The summed E-state index contributed by atoms with van der Waals surface area (Å²) in [6.45, 7) is 1.32. The number of nitrogens with one attached hydrogen (secondary N) is 1. The van der Waals surface area contributed by atoms with Crippen molar-refractivity contribution in [2.24, 2.45) is 11.8 Å². The molecule has 1 N–H and O–H groups in total. The normalized spacial score (nSPS) is 20.4. The summed E-state index contributed by atoms with van der Waals surface area (Å²) in [6, 6.07) is 2.58. The van der Waals surface area contributed by atoms with Crippen molar-refractivity contribution in [2.75, 3.05) is 11.9 Å². The third kappa shape index (κ3) is 4.13. The van der Waals surface area contributed by atoms with Crippen molar-refractivity contribution < 1.29 is 27.5 Å². The lowest BCUT2D eigenvalue weighted by Gasteiger charge is -2.11. The van der Waals surface area contributed by atoms with Gasteiger partial charge in [-0.05, 0) is 30.5 Å². The summed E-state index contributed by atoms with van der Waals surface area (Å²) < 4.78 is 42.6. The smallest absolute Gasteiger partial charge is 0.416 e. The predicted molar refractivity (Wildman–Crippen MR) is 73.3 cm³/mol. The lowest BCUT2D eigenvalue weighted by Crippen LogP contribution is -2.22. The number of amides is 1. The number of esters is 1. The van der Waals surface area contributed by atoms with Crippen LogP contribution in [0.15, 0.2) is 18.2 Å². The van der Waals surface area contributed by atoms with Gasteiger partial charge in [-0.3, -0.25) is 9.59 Å². The average molecular weight is 336 g/mol. The van der Waals surface area contributed by atoms with E-state index in [1.54, 1.807) is 0 Å². The molecule has 1 aromatic rings. The van der Waals surface area contributed by atoms with Crippen LogP contribution in [0.1, 0.15) is 18.9 Å². The van der Waals surface area contributed by atoms with Gasteiger partial charge in [-0.2, -0.15) is 13.2 Å². The second-order valence-electron chi connectivity index (χ2n) is 5.17. The van der Waals surface area contributed by atoms with Crippen LogP contribution in [0, 0.1) is 11.8 Å². The van der Waals surface area contributed by atoms with Gasteiger partial charge in [0.05, 0.1) is 22.2 Å². The molecule has 0 bridgehead atoms. The molecule has 0 spiro atoms. The number of rotatable bonds is 4. The summed E-state index contributed by atoms with van der Waals surface area (Å²) in [4.78, 5) is 23.1. The van der Waals surface area contributed by atoms with Gasteiger partial charge in [-0.25, -0.2) is 0 Å². The van der Waals surface area contributed by atoms with E-state index in [4.69, 9.17) is 16.3 Å². The average Bonchev–Trinajstić information content (AvgIpc) is 3.14. The second kappa shape index (κ2) is 6.16. The Labute approximate surface area is 129 Å². The first kappa shape index (κ1) is 16.6. The summed E-state index contributed by atoms with van der Waals surface area (Å²) in [6.07, 6.45) is -3.82. The highest BCUT2D eigenvalue weighted by molar-refractivity contribution is 6.33. The quantitative estimate of drug-likeness (QED) is 0.857. The van der Waals surface area contributed by atoms with Gasteiger partial charge in [0.25, 0.3) is 5.91 Å². The van der Waals surface area contributed by atoms with Gasteiger partial charge in [-0.1, -0.05) is 18.5 Å². The van der Waals surface area contributed by atoms with Gasteiger partial charge >= 0.3 is 12.1 Å². The molecule has 0 radical (unpaired) electrons. The molecule has 0 aromatic heterocycles. The minimum Gasteiger partial charge on any atom is -0.455 e. The Morgan fingerprint density at radius 2 is 2.05 bits per heavy atom. The zero-order valence-electron chi connectivity index (χ0n) is 11.5. The van der Waals surface area contributed by atoms with Gasteiger partial charge in [0, 0.05) is 0 Å². The van der Waals surface area contributed by atoms with E-state index >= 15 is 0 Å². The first-order chi connectivity index (χ1) is 10.2. The molecule has 1 saturated carbocycles. The third-order valence-corrected chi connectivity index (χ3v) is 3.66. The van der Waals surface area contributed by atoms with E-state index in [2.05, 4.69) is 5.32 Å². The molecule has 1 aliphatic carbocycles. The zero-order valence-corrected chi connectivity index (χ0v) is 12.3. The molecule has 2 atom stereocenters. The van der Waals surface area contributed by atoms with Gasteiger partial charge in [0.1, 0.15) is 0 Å². The number of anilines is 1. The molecule has 0 aliphatic heterocycles. The predicted octanol–water partition coefficient (Wildman–Crippen LogP) is 3.50. The molecule has 22 heavy (non-hydrogen) atoms. The standard InChI is InChI=1S/C14H13ClF3NO3/c1-7-4-9(7)13(21)22-6-12(20)19-11-5-8(14(16,17)18)2-3-10(11)15/h2-3,5,7,9H,4,6H2,1H3,(H,19,20)/t7-,9+/m1/s1. The molecular weight excluding hydrogens is 323 g/mol. The van der Waals surface area contributed by atoms with E-state index in [1.807, 2.05) is 6.92 Å². The Balaban J connectivity index is 1.94. The highest BCUT2D eigenvalue weighted by Gasteiger charge is 2.40. The van der Waals surface area contributed by atoms with E-state index in [-0.39, 0.29) is 22.5 Å².